The molecule has 0 saturated heterocycles. The lowest BCUT2D eigenvalue weighted by atomic mass is 9.87. The molecule has 0 amide bonds. The molecule has 6 heteroatoms. The summed E-state index contributed by atoms with van der Waals surface area (Å²) in [5.41, 5.74) is 1.62. The Labute approximate surface area is 153 Å². The third-order valence-electron chi connectivity index (χ3n) is 5.29. The van der Waals surface area contributed by atoms with Crippen LogP contribution in [0.2, 0.25) is 0 Å². The van der Waals surface area contributed by atoms with Gasteiger partial charge in [-0.25, -0.2) is 8.42 Å². The monoisotopic (exact) mass is 379 g/mol. The standard InChI is InChI=1S/C19H25NO3S2/c1-4-12(3)25(22,23)20-14-7-9-16-18(11-14)24-17-10-13(5-2)6-8-15(17)19(16)21/h7,9,11-13,20H,4-6,8,10H2,1-3H3. The molecule has 0 saturated carbocycles. The van der Waals surface area contributed by atoms with Crippen LogP contribution >= 0.6 is 11.3 Å². The van der Waals surface area contributed by atoms with Crippen LogP contribution in [-0.4, -0.2) is 13.7 Å². The zero-order valence-corrected chi connectivity index (χ0v) is 16.6. The van der Waals surface area contributed by atoms with E-state index in [2.05, 4.69) is 11.6 Å². The van der Waals surface area contributed by atoms with E-state index < -0.39 is 15.3 Å². The Bertz CT molecular complexity index is 947. The number of anilines is 1. The maximum Gasteiger partial charge on any atom is 0.235 e. The molecular weight excluding hydrogens is 354 g/mol. The highest BCUT2D eigenvalue weighted by Crippen LogP contribution is 2.33. The highest BCUT2D eigenvalue weighted by Gasteiger charge is 2.23. The smallest absolute Gasteiger partial charge is 0.235 e. The second-order valence-corrected chi connectivity index (χ2v) is 10.2. The van der Waals surface area contributed by atoms with Gasteiger partial charge in [0.15, 0.2) is 5.43 Å². The quantitative estimate of drug-likeness (QED) is 0.842. The topological polar surface area (TPSA) is 63.2 Å². The summed E-state index contributed by atoms with van der Waals surface area (Å²) in [5, 5.41) is 0.251. The van der Waals surface area contributed by atoms with Gasteiger partial charge in [0.1, 0.15) is 0 Å². The van der Waals surface area contributed by atoms with Gasteiger partial charge >= 0.3 is 0 Å². The molecule has 3 rings (SSSR count). The normalized spacial score (nSPS) is 18.8. The van der Waals surface area contributed by atoms with E-state index in [-0.39, 0.29) is 5.43 Å². The van der Waals surface area contributed by atoms with E-state index in [1.807, 2.05) is 6.92 Å². The van der Waals surface area contributed by atoms with Crippen LogP contribution in [0.5, 0.6) is 0 Å². The largest absolute Gasteiger partial charge is 0.289 e. The van der Waals surface area contributed by atoms with Crippen molar-refractivity contribution in [1.82, 2.24) is 0 Å². The van der Waals surface area contributed by atoms with Crippen molar-refractivity contribution < 1.29 is 8.42 Å². The second kappa shape index (κ2) is 7.08. The predicted molar refractivity (Wildman–Crippen MR) is 106 cm³/mol. The van der Waals surface area contributed by atoms with E-state index in [4.69, 9.17) is 0 Å². The summed E-state index contributed by atoms with van der Waals surface area (Å²) in [6, 6.07) is 5.26. The Morgan fingerprint density at radius 1 is 1.32 bits per heavy atom. The number of hydrogen-bond donors (Lipinski definition) is 1. The zero-order valence-electron chi connectivity index (χ0n) is 15.0. The zero-order chi connectivity index (χ0) is 18.2. The maximum absolute atomic E-state index is 12.8. The van der Waals surface area contributed by atoms with Crippen molar-refractivity contribution >= 4 is 37.1 Å². The minimum absolute atomic E-state index is 0.120. The molecule has 2 aromatic rings. The maximum atomic E-state index is 12.8. The molecule has 0 spiro atoms. The average molecular weight is 380 g/mol. The van der Waals surface area contributed by atoms with Crippen LogP contribution < -0.4 is 10.2 Å². The minimum atomic E-state index is -3.40. The summed E-state index contributed by atoms with van der Waals surface area (Å²) in [6.07, 6.45) is 4.60. The molecule has 0 aliphatic heterocycles. The molecule has 1 aliphatic rings. The summed E-state index contributed by atoms with van der Waals surface area (Å²) >= 11 is 1.64. The van der Waals surface area contributed by atoms with Gasteiger partial charge in [0.2, 0.25) is 10.0 Å². The van der Waals surface area contributed by atoms with Crippen molar-refractivity contribution in [2.45, 2.75) is 58.1 Å². The molecule has 1 aromatic heterocycles. The van der Waals surface area contributed by atoms with Crippen LogP contribution in [0.3, 0.4) is 0 Å². The number of rotatable bonds is 5. The van der Waals surface area contributed by atoms with Crippen molar-refractivity contribution in [3.63, 3.8) is 0 Å². The molecule has 1 heterocycles. The number of fused-ring (bicyclic) bond motifs is 2. The minimum Gasteiger partial charge on any atom is -0.289 e. The highest BCUT2D eigenvalue weighted by atomic mass is 32.2. The first kappa shape index (κ1) is 18.4. The molecule has 25 heavy (non-hydrogen) atoms. The molecule has 2 unspecified atom stereocenters. The van der Waals surface area contributed by atoms with E-state index in [1.54, 1.807) is 36.5 Å². The van der Waals surface area contributed by atoms with Gasteiger partial charge < -0.3 is 0 Å². The number of benzene rings is 1. The Hall–Kier alpha value is -1.40. The van der Waals surface area contributed by atoms with Crippen LogP contribution in [-0.2, 0) is 22.9 Å². The molecule has 4 nitrogen and oxygen atoms in total. The van der Waals surface area contributed by atoms with E-state index in [9.17, 15) is 13.2 Å². The van der Waals surface area contributed by atoms with Crippen LogP contribution in [0.4, 0.5) is 5.69 Å². The van der Waals surface area contributed by atoms with Crippen molar-refractivity contribution in [1.29, 1.82) is 0 Å². The fraction of sp³-hybridized carbons (Fsp3) is 0.526. The average Bonchev–Trinajstić information content (AvgIpc) is 2.60. The molecular formula is C19H25NO3S2. The first-order chi connectivity index (χ1) is 11.9. The number of hydrogen-bond acceptors (Lipinski definition) is 4. The van der Waals surface area contributed by atoms with Gasteiger partial charge in [0.25, 0.3) is 0 Å². The van der Waals surface area contributed by atoms with Crippen LogP contribution in [0.15, 0.2) is 23.0 Å². The third-order valence-corrected chi connectivity index (χ3v) is 8.42. The molecule has 136 valence electrons. The van der Waals surface area contributed by atoms with E-state index >= 15 is 0 Å². The summed E-state index contributed by atoms with van der Waals surface area (Å²) < 4.78 is 28.1. The molecule has 1 aromatic carbocycles. The van der Waals surface area contributed by atoms with Crippen LogP contribution in [0.1, 0.15) is 50.5 Å². The highest BCUT2D eigenvalue weighted by molar-refractivity contribution is 7.93. The van der Waals surface area contributed by atoms with Gasteiger partial charge in [-0.3, -0.25) is 9.52 Å². The third kappa shape index (κ3) is 3.60. The summed E-state index contributed by atoms with van der Waals surface area (Å²) in [7, 11) is -3.40. The van der Waals surface area contributed by atoms with Gasteiger partial charge in [-0.05, 0) is 56.7 Å². The van der Waals surface area contributed by atoms with Crippen molar-refractivity contribution in [3.8, 4) is 0 Å². The van der Waals surface area contributed by atoms with Crippen molar-refractivity contribution in [2.24, 2.45) is 5.92 Å². The van der Waals surface area contributed by atoms with E-state index in [1.165, 1.54) is 4.88 Å². The Morgan fingerprint density at radius 2 is 2.08 bits per heavy atom. The van der Waals surface area contributed by atoms with Gasteiger partial charge in [-0.15, -0.1) is 11.3 Å². The fourth-order valence-electron chi connectivity index (χ4n) is 3.30. The fourth-order valence-corrected chi connectivity index (χ4v) is 5.76. The predicted octanol–water partition coefficient (Wildman–Crippen LogP) is 4.32. The lowest BCUT2D eigenvalue weighted by Crippen LogP contribution is -2.24. The van der Waals surface area contributed by atoms with Gasteiger partial charge in [-0.1, -0.05) is 20.3 Å². The lowest BCUT2D eigenvalue weighted by molar-refractivity contribution is 0.448. The van der Waals surface area contributed by atoms with Crippen molar-refractivity contribution in [3.05, 3.63) is 38.9 Å². The van der Waals surface area contributed by atoms with Gasteiger partial charge in [0.05, 0.1) is 5.25 Å². The van der Waals surface area contributed by atoms with Crippen LogP contribution in [0.25, 0.3) is 10.1 Å². The SMILES string of the molecule is CCC1CCc2c(sc3cc(NS(=O)(=O)C(C)CC)ccc3c2=O)C1. The Kier molecular flexibility index (Phi) is 5.21. The molecule has 2 atom stereocenters. The summed E-state index contributed by atoms with van der Waals surface area (Å²) in [6.45, 7) is 5.75. The molecule has 1 N–H and O–H groups in total. The number of sulfonamides is 1. The number of nitrogens with one attached hydrogen (secondary N) is 1. The van der Waals surface area contributed by atoms with Gasteiger partial charge in [0, 0.05) is 26.2 Å². The van der Waals surface area contributed by atoms with E-state index in [0.29, 0.717) is 23.4 Å². The molecule has 1 aliphatic carbocycles. The molecule has 0 bridgehead atoms. The Morgan fingerprint density at radius 3 is 2.76 bits per heavy atom. The summed E-state index contributed by atoms with van der Waals surface area (Å²) in [4.78, 5) is 14.0. The molecule has 0 fully saturated rings. The van der Waals surface area contributed by atoms with Crippen LogP contribution in [0, 0.1) is 5.92 Å². The lowest BCUT2D eigenvalue weighted by Gasteiger charge is -2.22. The van der Waals surface area contributed by atoms with E-state index in [0.717, 1.165) is 35.9 Å². The van der Waals surface area contributed by atoms with Gasteiger partial charge in [-0.2, -0.15) is 0 Å². The van der Waals surface area contributed by atoms with Crippen molar-refractivity contribution in [2.75, 3.05) is 4.72 Å². The summed E-state index contributed by atoms with van der Waals surface area (Å²) in [5.74, 6) is 0.646. The molecule has 0 radical (unpaired) electrons. The first-order valence-corrected chi connectivity index (χ1v) is 11.3. The Balaban J connectivity index is 2.02. The first-order valence-electron chi connectivity index (χ1n) is 8.96. The second-order valence-electron chi connectivity index (χ2n) is 6.93.